The van der Waals surface area contributed by atoms with Gasteiger partial charge in [-0.2, -0.15) is 0 Å². The van der Waals surface area contributed by atoms with Gasteiger partial charge in [0, 0.05) is 10.0 Å². The molecule has 0 unspecified atom stereocenters. The highest BCUT2D eigenvalue weighted by atomic mass is 35.5. The number of amidine groups is 1. The van der Waals surface area contributed by atoms with Gasteiger partial charge < -0.3 is 15.3 Å². The van der Waals surface area contributed by atoms with E-state index in [2.05, 4.69) is 5.16 Å². The number of carbonyl (C=O) groups excluding carboxylic acids is 1. The maximum atomic E-state index is 12.0. The SMILES string of the molecule is COc1ccc(Cl)cc1/C(N)=N/OC(=O)c1ccc(Cl)cc1Cl. The summed E-state index contributed by atoms with van der Waals surface area (Å²) in [6, 6.07) is 9.17. The predicted octanol–water partition coefficient (Wildman–Crippen LogP) is 4.13. The molecule has 0 heterocycles. The molecule has 2 rings (SSSR count). The number of halogens is 3. The molecule has 2 aromatic carbocycles. The van der Waals surface area contributed by atoms with Gasteiger partial charge in [0.05, 0.1) is 23.3 Å². The topological polar surface area (TPSA) is 73.9 Å². The highest BCUT2D eigenvalue weighted by Gasteiger charge is 2.14. The lowest BCUT2D eigenvalue weighted by Gasteiger charge is -2.08. The standard InChI is InChI=1S/C15H11Cl3N2O3/c1-22-13-5-3-8(16)6-11(13)14(19)20-23-15(21)10-4-2-9(17)7-12(10)18/h2-7H,1H3,(H2,19,20). The van der Waals surface area contributed by atoms with E-state index in [4.69, 9.17) is 50.1 Å². The van der Waals surface area contributed by atoms with Gasteiger partial charge in [-0.3, -0.25) is 0 Å². The zero-order chi connectivity index (χ0) is 17.0. The summed E-state index contributed by atoms with van der Waals surface area (Å²) in [7, 11) is 1.47. The summed E-state index contributed by atoms with van der Waals surface area (Å²) in [6.45, 7) is 0. The number of hydrogen-bond donors (Lipinski definition) is 1. The van der Waals surface area contributed by atoms with Crippen LogP contribution in [0.15, 0.2) is 41.6 Å². The van der Waals surface area contributed by atoms with Gasteiger partial charge in [0.15, 0.2) is 5.84 Å². The molecular formula is C15H11Cl3N2O3. The van der Waals surface area contributed by atoms with Crippen molar-refractivity contribution >= 4 is 46.6 Å². The number of benzene rings is 2. The van der Waals surface area contributed by atoms with Crippen molar-refractivity contribution in [3.05, 3.63) is 62.6 Å². The molecule has 2 N–H and O–H groups in total. The van der Waals surface area contributed by atoms with Crippen molar-refractivity contribution in [3.63, 3.8) is 0 Å². The van der Waals surface area contributed by atoms with Crippen LogP contribution in [-0.2, 0) is 4.84 Å². The van der Waals surface area contributed by atoms with Crippen molar-refractivity contribution < 1.29 is 14.4 Å². The van der Waals surface area contributed by atoms with Crippen molar-refractivity contribution in [1.82, 2.24) is 0 Å². The van der Waals surface area contributed by atoms with E-state index in [1.807, 2.05) is 0 Å². The molecular weight excluding hydrogens is 363 g/mol. The first-order valence-electron chi connectivity index (χ1n) is 6.26. The maximum Gasteiger partial charge on any atom is 0.367 e. The summed E-state index contributed by atoms with van der Waals surface area (Å²) in [4.78, 5) is 16.8. The Labute approximate surface area is 147 Å². The Balaban J connectivity index is 2.22. The largest absolute Gasteiger partial charge is 0.496 e. The summed E-state index contributed by atoms with van der Waals surface area (Å²) >= 11 is 17.6. The molecule has 0 aromatic heterocycles. The van der Waals surface area contributed by atoms with Gasteiger partial charge in [0.25, 0.3) is 0 Å². The average Bonchev–Trinajstić information content (AvgIpc) is 2.52. The molecule has 8 heteroatoms. The maximum absolute atomic E-state index is 12.0. The fourth-order valence-electron chi connectivity index (χ4n) is 1.72. The number of oxime groups is 1. The van der Waals surface area contributed by atoms with Crippen LogP contribution >= 0.6 is 34.8 Å². The molecule has 0 radical (unpaired) electrons. The second-order valence-corrected chi connectivity index (χ2v) is 5.60. The number of methoxy groups -OCH3 is 1. The van der Waals surface area contributed by atoms with Gasteiger partial charge >= 0.3 is 5.97 Å². The van der Waals surface area contributed by atoms with Crippen molar-refractivity contribution in [2.75, 3.05) is 7.11 Å². The minimum absolute atomic E-state index is 0.0669. The van der Waals surface area contributed by atoms with Gasteiger partial charge in [0.2, 0.25) is 0 Å². The van der Waals surface area contributed by atoms with Crippen molar-refractivity contribution in [1.29, 1.82) is 0 Å². The van der Waals surface area contributed by atoms with Crippen LogP contribution in [0.4, 0.5) is 0 Å². The van der Waals surface area contributed by atoms with E-state index in [1.165, 1.54) is 25.3 Å². The molecule has 0 aliphatic rings. The van der Waals surface area contributed by atoms with E-state index < -0.39 is 5.97 Å². The fourth-order valence-corrected chi connectivity index (χ4v) is 2.38. The summed E-state index contributed by atoms with van der Waals surface area (Å²) < 4.78 is 5.15. The quantitative estimate of drug-likeness (QED) is 0.378. The number of carbonyl (C=O) groups is 1. The highest BCUT2D eigenvalue weighted by molar-refractivity contribution is 6.36. The molecule has 5 nitrogen and oxygen atoms in total. The molecule has 0 bridgehead atoms. The smallest absolute Gasteiger partial charge is 0.367 e. The summed E-state index contributed by atoms with van der Waals surface area (Å²) in [5.74, 6) is -0.394. The van der Waals surface area contributed by atoms with Crippen LogP contribution in [0.2, 0.25) is 15.1 Å². The number of nitrogens with two attached hydrogens (primary N) is 1. The fraction of sp³-hybridized carbons (Fsp3) is 0.0667. The molecule has 2 aromatic rings. The van der Waals surface area contributed by atoms with Crippen LogP contribution in [0, 0.1) is 0 Å². The van der Waals surface area contributed by atoms with Crippen molar-refractivity contribution in [3.8, 4) is 5.75 Å². The molecule has 0 saturated heterocycles. The van der Waals surface area contributed by atoms with E-state index in [1.54, 1.807) is 18.2 Å². The number of hydrogen-bond acceptors (Lipinski definition) is 4. The zero-order valence-corrected chi connectivity index (χ0v) is 14.1. The number of nitrogens with zero attached hydrogens (tertiary/aromatic N) is 1. The highest BCUT2D eigenvalue weighted by Crippen LogP contribution is 2.23. The molecule has 0 spiro atoms. The Morgan fingerprint density at radius 2 is 1.70 bits per heavy atom. The third-order valence-electron chi connectivity index (χ3n) is 2.82. The third kappa shape index (κ3) is 4.28. The Bertz CT molecular complexity index is 779. The van der Waals surface area contributed by atoms with E-state index in [0.29, 0.717) is 21.4 Å². The van der Waals surface area contributed by atoms with Crippen LogP contribution in [0.3, 0.4) is 0 Å². The lowest BCUT2D eigenvalue weighted by atomic mass is 10.2. The Kier molecular flexibility index (Phi) is 5.71. The van der Waals surface area contributed by atoms with Crippen molar-refractivity contribution in [2.24, 2.45) is 10.9 Å². The molecule has 120 valence electrons. The van der Waals surface area contributed by atoms with Gasteiger partial charge in [0.1, 0.15) is 5.75 Å². The first-order chi connectivity index (χ1) is 10.9. The second-order valence-electron chi connectivity index (χ2n) is 4.32. The van der Waals surface area contributed by atoms with Gasteiger partial charge in [-0.05, 0) is 36.4 Å². The minimum Gasteiger partial charge on any atom is -0.496 e. The lowest BCUT2D eigenvalue weighted by Crippen LogP contribution is -2.16. The van der Waals surface area contributed by atoms with Crippen LogP contribution in [0.5, 0.6) is 5.75 Å². The molecule has 0 aliphatic heterocycles. The molecule has 0 amide bonds. The first-order valence-corrected chi connectivity index (χ1v) is 7.39. The van der Waals surface area contributed by atoms with Gasteiger partial charge in [-0.15, -0.1) is 0 Å². The molecule has 0 saturated carbocycles. The summed E-state index contributed by atoms with van der Waals surface area (Å²) in [6.07, 6.45) is 0. The van der Waals surface area contributed by atoms with E-state index in [-0.39, 0.29) is 16.4 Å². The van der Waals surface area contributed by atoms with E-state index >= 15 is 0 Å². The Morgan fingerprint density at radius 1 is 1.04 bits per heavy atom. The second kappa shape index (κ2) is 7.55. The molecule has 23 heavy (non-hydrogen) atoms. The monoisotopic (exact) mass is 372 g/mol. The van der Waals surface area contributed by atoms with Crippen LogP contribution in [0.25, 0.3) is 0 Å². The number of rotatable bonds is 4. The summed E-state index contributed by atoms with van der Waals surface area (Å²) in [5, 5.41) is 4.59. The zero-order valence-electron chi connectivity index (χ0n) is 11.8. The normalized spacial score (nSPS) is 11.2. The van der Waals surface area contributed by atoms with Gasteiger partial charge in [-0.25, -0.2) is 4.79 Å². The Morgan fingerprint density at radius 3 is 2.35 bits per heavy atom. The van der Waals surface area contributed by atoms with Gasteiger partial charge in [-0.1, -0.05) is 40.0 Å². The first kappa shape index (κ1) is 17.4. The molecule has 0 aliphatic carbocycles. The minimum atomic E-state index is -0.768. The van der Waals surface area contributed by atoms with Crippen LogP contribution in [-0.4, -0.2) is 18.9 Å². The van der Waals surface area contributed by atoms with Crippen molar-refractivity contribution in [2.45, 2.75) is 0 Å². The summed E-state index contributed by atoms with van der Waals surface area (Å²) in [5.41, 5.74) is 6.32. The number of ether oxygens (including phenoxy) is 1. The third-order valence-corrected chi connectivity index (χ3v) is 3.60. The van der Waals surface area contributed by atoms with E-state index in [0.717, 1.165) is 0 Å². The average molecular weight is 374 g/mol. The van der Waals surface area contributed by atoms with Crippen LogP contribution < -0.4 is 10.5 Å². The lowest BCUT2D eigenvalue weighted by molar-refractivity contribution is 0.0516. The van der Waals surface area contributed by atoms with Crippen LogP contribution in [0.1, 0.15) is 15.9 Å². The molecule has 0 atom stereocenters. The Hall–Kier alpha value is -1.95. The predicted molar refractivity (Wildman–Crippen MR) is 90.6 cm³/mol. The van der Waals surface area contributed by atoms with E-state index in [9.17, 15) is 4.79 Å². The molecule has 0 fully saturated rings.